The van der Waals surface area contributed by atoms with E-state index in [2.05, 4.69) is 27.5 Å². The van der Waals surface area contributed by atoms with Crippen molar-refractivity contribution in [1.82, 2.24) is 0 Å². The number of nitrogens with one attached hydrogen (secondary N) is 1. The van der Waals surface area contributed by atoms with Gasteiger partial charge in [0.25, 0.3) is 0 Å². The van der Waals surface area contributed by atoms with Gasteiger partial charge in [-0.1, -0.05) is 11.6 Å². The Labute approximate surface area is 124 Å². The maximum Gasteiger partial charge on any atom is 0.123 e. The third kappa shape index (κ3) is 3.70. The van der Waals surface area contributed by atoms with E-state index in [1.807, 2.05) is 30.3 Å². The molecule has 2 aromatic rings. The first-order valence-electron chi connectivity index (χ1n) is 5.44. The quantitative estimate of drug-likeness (QED) is 0.808. The van der Waals surface area contributed by atoms with E-state index in [9.17, 15) is 0 Å². The van der Waals surface area contributed by atoms with Crippen LogP contribution in [0.4, 0.5) is 5.69 Å². The summed E-state index contributed by atoms with van der Waals surface area (Å²) in [5.74, 6) is 2.85. The molecule has 1 heterocycles. The molecule has 5 heteroatoms. The normalized spacial score (nSPS) is 10.6. The number of furan rings is 1. The lowest BCUT2D eigenvalue weighted by atomic mass is 10.3. The van der Waals surface area contributed by atoms with Gasteiger partial charge in [0.05, 0.1) is 12.3 Å². The summed E-state index contributed by atoms with van der Waals surface area (Å²) in [6, 6.07) is 9.69. The van der Waals surface area contributed by atoms with Crippen LogP contribution in [0.5, 0.6) is 0 Å². The van der Waals surface area contributed by atoms with E-state index in [0.717, 1.165) is 27.4 Å². The third-order valence-corrected chi connectivity index (χ3v) is 3.85. The van der Waals surface area contributed by atoms with Gasteiger partial charge in [0.2, 0.25) is 0 Å². The molecule has 0 spiro atoms. The predicted octanol–water partition coefficient (Wildman–Crippen LogP) is 5.17. The van der Waals surface area contributed by atoms with Crippen molar-refractivity contribution in [3.63, 3.8) is 0 Å². The Morgan fingerprint density at radius 3 is 2.78 bits per heavy atom. The van der Waals surface area contributed by atoms with Crippen LogP contribution in [0.15, 0.2) is 39.2 Å². The van der Waals surface area contributed by atoms with Gasteiger partial charge in [-0.05, 0) is 52.5 Å². The number of thioether (sulfide) groups is 1. The molecule has 1 aromatic carbocycles. The average molecular weight is 347 g/mol. The van der Waals surface area contributed by atoms with E-state index in [0.29, 0.717) is 11.6 Å². The van der Waals surface area contributed by atoms with E-state index in [-0.39, 0.29) is 0 Å². The minimum atomic E-state index is 0.661. The van der Waals surface area contributed by atoms with Gasteiger partial charge in [-0.3, -0.25) is 0 Å². The molecule has 0 aliphatic rings. The highest BCUT2D eigenvalue weighted by molar-refractivity contribution is 9.10. The van der Waals surface area contributed by atoms with Crippen LogP contribution in [0, 0.1) is 0 Å². The molecule has 0 saturated heterocycles. The molecule has 2 rings (SSSR count). The molecule has 2 nitrogen and oxygen atoms in total. The second-order valence-corrected chi connectivity index (χ2v) is 5.94. The maximum atomic E-state index is 5.89. The van der Waals surface area contributed by atoms with E-state index in [4.69, 9.17) is 16.0 Å². The number of hydrogen-bond donors (Lipinski definition) is 1. The van der Waals surface area contributed by atoms with E-state index < -0.39 is 0 Å². The summed E-state index contributed by atoms with van der Waals surface area (Å²) in [6.45, 7) is 0.661. The lowest BCUT2D eigenvalue weighted by Gasteiger charge is -2.07. The Balaban J connectivity index is 1.97. The molecule has 0 fully saturated rings. The summed E-state index contributed by atoms with van der Waals surface area (Å²) in [4.78, 5) is 0. The predicted molar refractivity (Wildman–Crippen MR) is 82.4 cm³/mol. The van der Waals surface area contributed by atoms with E-state index >= 15 is 0 Å². The second-order valence-electron chi connectivity index (χ2n) is 3.78. The largest absolute Gasteiger partial charge is 0.463 e. The second kappa shape index (κ2) is 6.55. The first-order chi connectivity index (χ1) is 8.69. The lowest BCUT2D eigenvalue weighted by molar-refractivity contribution is 0.487. The van der Waals surface area contributed by atoms with Crippen molar-refractivity contribution in [2.24, 2.45) is 0 Å². The van der Waals surface area contributed by atoms with Gasteiger partial charge in [0.15, 0.2) is 0 Å². The molecule has 0 saturated carbocycles. The molecule has 0 aliphatic carbocycles. The highest BCUT2D eigenvalue weighted by Gasteiger charge is 2.04. The number of benzene rings is 1. The molecule has 96 valence electrons. The first kappa shape index (κ1) is 13.8. The number of halogens is 2. The Morgan fingerprint density at radius 2 is 2.06 bits per heavy atom. The van der Waals surface area contributed by atoms with Crippen molar-refractivity contribution < 1.29 is 4.42 Å². The van der Waals surface area contributed by atoms with Gasteiger partial charge < -0.3 is 9.73 Å². The van der Waals surface area contributed by atoms with Crippen LogP contribution >= 0.6 is 39.3 Å². The monoisotopic (exact) mass is 345 g/mol. The van der Waals surface area contributed by atoms with Crippen LogP contribution in [-0.2, 0) is 12.3 Å². The molecule has 0 aliphatic heterocycles. The topological polar surface area (TPSA) is 25.2 Å². The zero-order valence-electron chi connectivity index (χ0n) is 9.87. The molecule has 18 heavy (non-hydrogen) atoms. The molecule has 1 N–H and O–H groups in total. The van der Waals surface area contributed by atoms with Gasteiger partial charge >= 0.3 is 0 Å². The molecular weight excluding hydrogens is 334 g/mol. The lowest BCUT2D eigenvalue weighted by Crippen LogP contribution is -1.98. The number of hydrogen-bond acceptors (Lipinski definition) is 3. The molecule has 0 unspecified atom stereocenters. The summed E-state index contributed by atoms with van der Waals surface area (Å²) in [7, 11) is 0. The number of anilines is 1. The summed E-state index contributed by atoms with van der Waals surface area (Å²) in [5, 5.41) is 4.02. The molecule has 0 radical (unpaired) electrons. The zero-order valence-corrected chi connectivity index (χ0v) is 13.0. The molecule has 0 bridgehead atoms. The van der Waals surface area contributed by atoms with Gasteiger partial charge in [-0.2, -0.15) is 11.8 Å². The van der Waals surface area contributed by atoms with Crippen molar-refractivity contribution >= 4 is 45.0 Å². The van der Waals surface area contributed by atoms with Crippen molar-refractivity contribution in [1.29, 1.82) is 0 Å². The minimum Gasteiger partial charge on any atom is -0.463 e. The van der Waals surface area contributed by atoms with Crippen molar-refractivity contribution in [3.8, 4) is 0 Å². The summed E-state index contributed by atoms with van der Waals surface area (Å²) in [6.07, 6.45) is 2.06. The Morgan fingerprint density at radius 1 is 1.28 bits per heavy atom. The maximum absolute atomic E-state index is 5.89. The van der Waals surface area contributed by atoms with Crippen LogP contribution in [0.2, 0.25) is 5.02 Å². The van der Waals surface area contributed by atoms with Crippen molar-refractivity contribution in [2.75, 3.05) is 11.6 Å². The fourth-order valence-electron chi connectivity index (χ4n) is 1.55. The smallest absolute Gasteiger partial charge is 0.123 e. The molecule has 0 amide bonds. The minimum absolute atomic E-state index is 0.661. The molecular formula is C13H13BrClNOS. The van der Waals surface area contributed by atoms with E-state index in [1.165, 1.54) is 0 Å². The average Bonchev–Trinajstić information content (AvgIpc) is 2.76. The third-order valence-electron chi connectivity index (χ3n) is 2.39. The summed E-state index contributed by atoms with van der Waals surface area (Å²) >= 11 is 11.1. The molecule has 0 atom stereocenters. The van der Waals surface area contributed by atoms with Gasteiger partial charge in [-0.25, -0.2) is 0 Å². The van der Waals surface area contributed by atoms with Crippen LogP contribution < -0.4 is 5.32 Å². The van der Waals surface area contributed by atoms with Crippen LogP contribution in [0.3, 0.4) is 0 Å². The van der Waals surface area contributed by atoms with Crippen molar-refractivity contribution in [3.05, 3.63) is 51.3 Å². The zero-order chi connectivity index (χ0) is 13.0. The number of rotatable bonds is 5. The fraction of sp³-hybridized carbons (Fsp3) is 0.231. The van der Waals surface area contributed by atoms with Crippen molar-refractivity contribution in [2.45, 2.75) is 12.3 Å². The van der Waals surface area contributed by atoms with Crippen LogP contribution in [0.1, 0.15) is 11.5 Å². The highest BCUT2D eigenvalue weighted by atomic mass is 79.9. The van der Waals surface area contributed by atoms with Gasteiger partial charge in [0, 0.05) is 15.2 Å². The molecule has 1 aromatic heterocycles. The summed E-state index contributed by atoms with van der Waals surface area (Å²) < 4.78 is 6.63. The van der Waals surface area contributed by atoms with E-state index in [1.54, 1.807) is 11.8 Å². The highest BCUT2D eigenvalue weighted by Crippen LogP contribution is 2.26. The first-order valence-corrected chi connectivity index (χ1v) is 8.01. The Kier molecular flexibility index (Phi) is 5.03. The Hall–Kier alpha value is -0.580. The van der Waals surface area contributed by atoms with Gasteiger partial charge in [-0.15, -0.1) is 0 Å². The summed E-state index contributed by atoms with van der Waals surface area (Å²) in [5.41, 5.74) is 1.00. The fourth-order valence-corrected chi connectivity index (χ4v) is 2.81. The van der Waals surface area contributed by atoms with Crippen LogP contribution in [0.25, 0.3) is 0 Å². The van der Waals surface area contributed by atoms with Gasteiger partial charge in [0.1, 0.15) is 11.5 Å². The van der Waals surface area contributed by atoms with Crippen LogP contribution in [-0.4, -0.2) is 6.26 Å². The SMILES string of the molecule is CSCc1ccc(CNc2ccc(Cl)cc2Br)o1. The Bertz CT molecular complexity index is 529. The standard InChI is InChI=1S/C13H13BrClNOS/c1-18-8-11-4-3-10(17-11)7-16-13-5-2-9(15)6-12(13)14/h2-6,16H,7-8H2,1H3.